The number of pyridine rings is 1. The molecule has 1 aromatic heterocycles. The largest absolute Gasteiger partial charge is 0.489 e. The first-order valence-corrected chi connectivity index (χ1v) is 3.57. The molecule has 3 heteroatoms. The Kier molecular flexibility index (Phi) is 2.83. The first-order chi connectivity index (χ1) is 5.34. The Balaban J connectivity index is 2.62. The normalized spacial score (nSPS) is 9.64. The van der Waals surface area contributed by atoms with Crippen LogP contribution in [0.25, 0.3) is 0 Å². The summed E-state index contributed by atoms with van der Waals surface area (Å²) in [5.41, 5.74) is 0. The highest BCUT2D eigenvalue weighted by Gasteiger charge is 1.99. The van der Waals surface area contributed by atoms with Crippen LogP contribution in [0.2, 0.25) is 0 Å². The maximum Gasteiger partial charge on any atom is 0.173 e. The summed E-state index contributed by atoms with van der Waals surface area (Å²) in [5, 5.41) is 0. The molecular formula is C8H10FNO. The van der Waals surface area contributed by atoms with Crippen LogP contribution in [0.15, 0.2) is 18.5 Å². The Bertz CT molecular complexity index is 227. The van der Waals surface area contributed by atoms with Gasteiger partial charge in [0.15, 0.2) is 11.6 Å². The van der Waals surface area contributed by atoms with Gasteiger partial charge in [-0.1, -0.05) is 6.92 Å². The van der Waals surface area contributed by atoms with Gasteiger partial charge in [0.2, 0.25) is 0 Å². The van der Waals surface area contributed by atoms with Gasteiger partial charge >= 0.3 is 0 Å². The third-order valence-corrected chi connectivity index (χ3v) is 1.20. The van der Waals surface area contributed by atoms with Crippen molar-refractivity contribution in [3.05, 3.63) is 24.3 Å². The average Bonchev–Trinajstić information content (AvgIpc) is 2.03. The summed E-state index contributed by atoms with van der Waals surface area (Å²) < 4.78 is 17.8. The smallest absolute Gasteiger partial charge is 0.173 e. The standard InChI is InChI=1S/C8H10FNO/c1-2-5-11-8-6-10-4-3-7(8)9/h3-4,6H,2,5H2,1H3. The van der Waals surface area contributed by atoms with Crippen molar-refractivity contribution in [1.29, 1.82) is 0 Å². The number of halogens is 1. The lowest BCUT2D eigenvalue weighted by molar-refractivity contribution is 0.300. The molecule has 60 valence electrons. The molecule has 0 radical (unpaired) electrons. The predicted octanol–water partition coefficient (Wildman–Crippen LogP) is 2.01. The molecule has 0 fully saturated rings. The lowest BCUT2D eigenvalue weighted by Gasteiger charge is -2.03. The number of hydrogen-bond donors (Lipinski definition) is 0. The van der Waals surface area contributed by atoms with E-state index in [0.717, 1.165) is 6.42 Å². The van der Waals surface area contributed by atoms with E-state index in [0.29, 0.717) is 6.61 Å². The topological polar surface area (TPSA) is 22.1 Å². The van der Waals surface area contributed by atoms with E-state index in [1.165, 1.54) is 18.5 Å². The zero-order valence-electron chi connectivity index (χ0n) is 6.38. The summed E-state index contributed by atoms with van der Waals surface area (Å²) >= 11 is 0. The fraction of sp³-hybridized carbons (Fsp3) is 0.375. The SMILES string of the molecule is CCCOc1cnccc1F. The summed E-state index contributed by atoms with van der Waals surface area (Å²) in [4.78, 5) is 3.73. The van der Waals surface area contributed by atoms with Gasteiger partial charge in [0, 0.05) is 6.20 Å². The van der Waals surface area contributed by atoms with Crippen molar-refractivity contribution < 1.29 is 9.13 Å². The molecule has 0 aliphatic heterocycles. The molecule has 2 nitrogen and oxygen atoms in total. The second-order valence-electron chi connectivity index (χ2n) is 2.15. The Hall–Kier alpha value is -1.12. The fourth-order valence-corrected chi connectivity index (χ4v) is 0.681. The lowest BCUT2D eigenvalue weighted by Crippen LogP contribution is -1.97. The van der Waals surface area contributed by atoms with E-state index < -0.39 is 0 Å². The second kappa shape index (κ2) is 3.91. The van der Waals surface area contributed by atoms with Crippen LogP contribution in [0.5, 0.6) is 5.75 Å². The number of hydrogen-bond acceptors (Lipinski definition) is 2. The van der Waals surface area contributed by atoms with Crippen LogP contribution >= 0.6 is 0 Å². The molecule has 1 rings (SSSR count). The first-order valence-electron chi connectivity index (χ1n) is 3.57. The zero-order valence-corrected chi connectivity index (χ0v) is 6.38. The fourth-order valence-electron chi connectivity index (χ4n) is 0.681. The molecule has 0 saturated carbocycles. The zero-order chi connectivity index (χ0) is 8.10. The first kappa shape index (κ1) is 7.98. The quantitative estimate of drug-likeness (QED) is 0.666. The maximum absolute atomic E-state index is 12.7. The van der Waals surface area contributed by atoms with E-state index in [9.17, 15) is 4.39 Å². The van der Waals surface area contributed by atoms with Gasteiger partial charge in [-0.05, 0) is 12.5 Å². The summed E-state index contributed by atoms with van der Waals surface area (Å²) in [6.07, 6.45) is 3.65. The summed E-state index contributed by atoms with van der Waals surface area (Å²) in [6.45, 7) is 2.50. The third kappa shape index (κ3) is 2.18. The number of ether oxygens (including phenoxy) is 1. The van der Waals surface area contributed by atoms with Crippen LogP contribution in [0.1, 0.15) is 13.3 Å². The highest BCUT2D eigenvalue weighted by Crippen LogP contribution is 2.13. The number of nitrogens with zero attached hydrogens (tertiary/aromatic N) is 1. The lowest BCUT2D eigenvalue weighted by atomic mass is 10.4. The van der Waals surface area contributed by atoms with Crippen molar-refractivity contribution in [3.63, 3.8) is 0 Å². The number of aromatic nitrogens is 1. The maximum atomic E-state index is 12.7. The van der Waals surface area contributed by atoms with Crippen LogP contribution < -0.4 is 4.74 Å². The predicted molar refractivity (Wildman–Crippen MR) is 40.0 cm³/mol. The third-order valence-electron chi connectivity index (χ3n) is 1.20. The Morgan fingerprint density at radius 3 is 3.09 bits per heavy atom. The Morgan fingerprint density at radius 2 is 2.45 bits per heavy atom. The molecule has 0 spiro atoms. The van der Waals surface area contributed by atoms with E-state index >= 15 is 0 Å². The molecule has 11 heavy (non-hydrogen) atoms. The van der Waals surface area contributed by atoms with Crippen molar-refractivity contribution >= 4 is 0 Å². The second-order valence-corrected chi connectivity index (χ2v) is 2.15. The van der Waals surface area contributed by atoms with Crippen LogP contribution in [0.3, 0.4) is 0 Å². The summed E-state index contributed by atoms with van der Waals surface area (Å²) in [6, 6.07) is 1.28. The molecule has 0 aliphatic carbocycles. The van der Waals surface area contributed by atoms with E-state index in [2.05, 4.69) is 4.98 Å². The highest BCUT2D eigenvalue weighted by molar-refractivity contribution is 5.18. The minimum atomic E-state index is -0.353. The van der Waals surface area contributed by atoms with E-state index in [-0.39, 0.29) is 11.6 Å². The van der Waals surface area contributed by atoms with Crippen molar-refractivity contribution in [2.24, 2.45) is 0 Å². The molecular weight excluding hydrogens is 145 g/mol. The Labute approximate surface area is 65.0 Å². The Morgan fingerprint density at radius 1 is 1.64 bits per heavy atom. The van der Waals surface area contributed by atoms with Gasteiger partial charge in [-0.3, -0.25) is 4.98 Å². The van der Waals surface area contributed by atoms with Crippen LogP contribution in [0.4, 0.5) is 4.39 Å². The monoisotopic (exact) mass is 155 g/mol. The molecule has 0 atom stereocenters. The van der Waals surface area contributed by atoms with Crippen molar-refractivity contribution in [2.75, 3.05) is 6.61 Å². The number of rotatable bonds is 3. The van der Waals surface area contributed by atoms with E-state index in [4.69, 9.17) is 4.74 Å². The molecule has 0 N–H and O–H groups in total. The minimum Gasteiger partial charge on any atom is -0.489 e. The highest BCUT2D eigenvalue weighted by atomic mass is 19.1. The molecule has 1 aromatic rings. The van der Waals surface area contributed by atoms with Gasteiger partial charge in [0.25, 0.3) is 0 Å². The molecule has 1 heterocycles. The summed E-state index contributed by atoms with van der Waals surface area (Å²) in [5.74, 6) is -0.122. The summed E-state index contributed by atoms with van der Waals surface area (Å²) in [7, 11) is 0. The molecule has 0 bridgehead atoms. The van der Waals surface area contributed by atoms with Gasteiger partial charge in [-0.15, -0.1) is 0 Å². The molecule has 0 aromatic carbocycles. The van der Waals surface area contributed by atoms with Crippen molar-refractivity contribution in [3.8, 4) is 5.75 Å². The van der Waals surface area contributed by atoms with Gasteiger partial charge in [0.05, 0.1) is 12.8 Å². The van der Waals surface area contributed by atoms with Crippen molar-refractivity contribution in [2.45, 2.75) is 13.3 Å². The average molecular weight is 155 g/mol. The van der Waals surface area contributed by atoms with Crippen LogP contribution in [-0.2, 0) is 0 Å². The molecule has 0 unspecified atom stereocenters. The van der Waals surface area contributed by atoms with Crippen molar-refractivity contribution in [1.82, 2.24) is 4.98 Å². The van der Waals surface area contributed by atoms with Gasteiger partial charge in [-0.2, -0.15) is 0 Å². The van der Waals surface area contributed by atoms with Gasteiger partial charge in [-0.25, -0.2) is 4.39 Å². The van der Waals surface area contributed by atoms with E-state index in [1.54, 1.807) is 0 Å². The molecule has 0 amide bonds. The van der Waals surface area contributed by atoms with Crippen LogP contribution in [0, 0.1) is 5.82 Å². The van der Waals surface area contributed by atoms with E-state index in [1.807, 2.05) is 6.92 Å². The minimum absolute atomic E-state index is 0.231. The van der Waals surface area contributed by atoms with Gasteiger partial charge in [0.1, 0.15) is 0 Å². The molecule has 0 aliphatic rings. The van der Waals surface area contributed by atoms with Gasteiger partial charge < -0.3 is 4.74 Å². The molecule has 0 saturated heterocycles. The van der Waals surface area contributed by atoms with Crippen LogP contribution in [-0.4, -0.2) is 11.6 Å².